The van der Waals surface area contributed by atoms with E-state index in [1.807, 2.05) is 17.5 Å². The Morgan fingerprint density at radius 1 is 1.21 bits per heavy atom. The summed E-state index contributed by atoms with van der Waals surface area (Å²) in [4.78, 5) is 25.5. The molecule has 1 N–H and O–H groups in total. The summed E-state index contributed by atoms with van der Waals surface area (Å²) in [6.45, 7) is 1.62. The standard InChI is InChI=1S/C17H14ClN3O2S/c1-11(17(23)19-13-6-3-2-5-12(13)18)21-16(22)9-8-14(20-21)15-7-4-10-24-15/h2-11H,1H3,(H,19,23). The van der Waals surface area contributed by atoms with Crippen molar-refractivity contribution in [1.29, 1.82) is 0 Å². The number of rotatable bonds is 4. The van der Waals surface area contributed by atoms with Crippen molar-refractivity contribution in [3.63, 3.8) is 0 Å². The lowest BCUT2D eigenvalue weighted by atomic mass is 10.2. The topological polar surface area (TPSA) is 64.0 Å². The van der Waals surface area contributed by atoms with Gasteiger partial charge in [0.1, 0.15) is 11.7 Å². The number of carbonyl (C=O) groups excluding carboxylic acids is 1. The lowest BCUT2D eigenvalue weighted by Crippen LogP contribution is -2.33. The second-order valence-electron chi connectivity index (χ2n) is 5.12. The van der Waals surface area contributed by atoms with Gasteiger partial charge in [-0.25, -0.2) is 4.68 Å². The highest BCUT2D eigenvalue weighted by atomic mass is 35.5. The molecule has 0 bridgehead atoms. The highest BCUT2D eigenvalue weighted by Crippen LogP contribution is 2.23. The average molecular weight is 360 g/mol. The molecule has 1 aromatic carbocycles. The van der Waals surface area contributed by atoms with Gasteiger partial charge in [-0.1, -0.05) is 29.8 Å². The van der Waals surface area contributed by atoms with E-state index in [1.54, 1.807) is 37.3 Å². The molecule has 2 aromatic heterocycles. The van der Waals surface area contributed by atoms with Crippen LogP contribution in [0.2, 0.25) is 5.02 Å². The van der Waals surface area contributed by atoms with Crippen LogP contribution >= 0.6 is 22.9 Å². The summed E-state index contributed by atoms with van der Waals surface area (Å²) < 4.78 is 1.18. The SMILES string of the molecule is CC(C(=O)Nc1ccccc1Cl)n1nc(-c2cccs2)ccc1=O. The molecule has 24 heavy (non-hydrogen) atoms. The number of hydrogen-bond donors (Lipinski definition) is 1. The van der Waals surface area contributed by atoms with Crippen molar-refractivity contribution in [2.75, 3.05) is 5.32 Å². The summed E-state index contributed by atoms with van der Waals surface area (Å²) >= 11 is 7.56. The Hall–Kier alpha value is -2.44. The van der Waals surface area contributed by atoms with Crippen LogP contribution in [-0.2, 0) is 4.79 Å². The lowest BCUT2D eigenvalue weighted by molar-refractivity contribution is -0.119. The number of anilines is 1. The van der Waals surface area contributed by atoms with Crippen LogP contribution in [0.5, 0.6) is 0 Å². The van der Waals surface area contributed by atoms with Gasteiger partial charge in [0.2, 0.25) is 5.91 Å². The van der Waals surface area contributed by atoms with E-state index in [2.05, 4.69) is 10.4 Å². The summed E-state index contributed by atoms with van der Waals surface area (Å²) in [7, 11) is 0. The molecule has 0 aliphatic rings. The number of nitrogens with zero attached hydrogens (tertiary/aromatic N) is 2. The van der Waals surface area contributed by atoms with Crippen LogP contribution in [-0.4, -0.2) is 15.7 Å². The molecule has 1 amide bonds. The fraction of sp³-hybridized carbons (Fsp3) is 0.118. The number of hydrogen-bond acceptors (Lipinski definition) is 4. The highest BCUT2D eigenvalue weighted by Gasteiger charge is 2.19. The molecule has 0 fully saturated rings. The molecule has 2 heterocycles. The number of amides is 1. The predicted octanol–water partition coefficient (Wildman–Crippen LogP) is 3.82. The second kappa shape index (κ2) is 6.98. The Labute approximate surface area is 147 Å². The third kappa shape index (κ3) is 3.39. The normalized spacial score (nSPS) is 11.9. The van der Waals surface area contributed by atoms with Crippen LogP contribution in [0.15, 0.2) is 58.7 Å². The van der Waals surface area contributed by atoms with E-state index >= 15 is 0 Å². The first kappa shape index (κ1) is 16.4. The molecule has 3 aromatic rings. The van der Waals surface area contributed by atoms with Gasteiger partial charge in [-0.2, -0.15) is 5.10 Å². The Morgan fingerprint density at radius 2 is 2.00 bits per heavy atom. The van der Waals surface area contributed by atoms with Gasteiger partial charge in [-0.3, -0.25) is 9.59 Å². The number of para-hydroxylation sites is 1. The van der Waals surface area contributed by atoms with Crippen molar-refractivity contribution < 1.29 is 4.79 Å². The van der Waals surface area contributed by atoms with Crippen molar-refractivity contribution in [2.45, 2.75) is 13.0 Å². The molecule has 3 rings (SSSR count). The molecule has 5 nitrogen and oxygen atoms in total. The molecule has 0 saturated carbocycles. The molecular formula is C17H14ClN3O2S. The summed E-state index contributed by atoms with van der Waals surface area (Å²) in [5.74, 6) is -0.360. The van der Waals surface area contributed by atoms with Gasteiger partial charge in [-0.05, 0) is 36.6 Å². The summed E-state index contributed by atoms with van der Waals surface area (Å²) in [5, 5.41) is 9.41. The summed E-state index contributed by atoms with van der Waals surface area (Å²) in [6, 6.07) is 13.1. The van der Waals surface area contributed by atoms with Crippen LogP contribution in [0.25, 0.3) is 10.6 Å². The van der Waals surface area contributed by atoms with E-state index in [4.69, 9.17) is 11.6 Å². The third-order valence-electron chi connectivity index (χ3n) is 3.48. The van der Waals surface area contributed by atoms with Crippen LogP contribution in [0.1, 0.15) is 13.0 Å². The largest absolute Gasteiger partial charge is 0.323 e. The fourth-order valence-corrected chi connectivity index (χ4v) is 3.04. The first-order valence-corrected chi connectivity index (χ1v) is 8.51. The van der Waals surface area contributed by atoms with Crippen molar-refractivity contribution in [3.8, 4) is 10.6 Å². The number of halogens is 1. The molecule has 0 radical (unpaired) electrons. The average Bonchev–Trinajstić information content (AvgIpc) is 3.11. The van der Waals surface area contributed by atoms with Crippen molar-refractivity contribution >= 4 is 34.5 Å². The zero-order valence-electron chi connectivity index (χ0n) is 12.8. The monoisotopic (exact) mass is 359 g/mol. The van der Waals surface area contributed by atoms with Gasteiger partial charge in [0.05, 0.1) is 15.6 Å². The first-order chi connectivity index (χ1) is 11.6. The maximum atomic E-state index is 12.4. The fourth-order valence-electron chi connectivity index (χ4n) is 2.17. The maximum Gasteiger partial charge on any atom is 0.267 e. The predicted molar refractivity (Wildman–Crippen MR) is 96.6 cm³/mol. The smallest absolute Gasteiger partial charge is 0.267 e. The Bertz CT molecular complexity index is 922. The maximum absolute atomic E-state index is 12.4. The summed E-state index contributed by atoms with van der Waals surface area (Å²) in [5.41, 5.74) is 0.817. The van der Waals surface area contributed by atoms with E-state index < -0.39 is 6.04 Å². The van der Waals surface area contributed by atoms with E-state index in [-0.39, 0.29) is 11.5 Å². The first-order valence-electron chi connectivity index (χ1n) is 7.25. The van der Waals surface area contributed by atoms with Crippen LogP contribution in [0.4, 0.5) is 5.69 Å². The molecule has 0 spiro atoms. The quantitative estimate of drug-likeness (QED) is 0.770. The minimum absolute atomic E-state index is 0.336. The zero-order valence-corrected chi connectivity index (χ0v) is 14.3. The van der Waals surface area contributed by atoms with Crippen molar-refractivity contribution in [2.24, 2.45) is 0 Å². The van der Waals surface area contributed by atoms with Gasteiger partial charge in [-0.15, -0.1) is 11.3 Å². The third-order valence-corrected chi connectivity index (χ3v) is 4.70. The Morgan fingerprint density at radius 3 is 2.71 bits per heavy atom. The minimum atomic E-state index is -0.770. The number of benzene rings is 1. The van der Waals surface area contributed by atoms with Gasteiger partial charge in [0.25, 0.3) is 5.56 Å². The molecule has 7 heteroatoms. The number of carbonyl (C=O) groups is 1. The van der Waals surface area contributed by atoms with Gasteiger partial charge >= 0.3 is 0 Å². The number of thiophene rings is 1. The van der Waals surface area contributed by atoms with Crippen molar-refractivity contribution in [3.05, 3.63) is 69.3 Å². The second-order valence-corrected chi connectivity index (χ2v) is 6.48. The van der Waals surface area contributed by atoms with Crippen LogP contribution < -0.4 is 10.9 Å². The molecule has 0 aliphatic heterocycles. The van der Waals surface area contributed by atoms with Gasteiger partial charge in [0.15, 0.2) is 0 Å². The lowest BCUT2D eigenvalue weighted by Gasteiger charge is -2.15. The van der Waals surface area contributed by atoms with E-state index in [0.717, 1.165) is 4.88 Å². The molecule has 1 atom stereocenters. The Balaban J connectivity index is 1.88. The molecule has 1 unspecified atom stereocenters. The van der Waals surface area contributed by atoms with Gasteiger partial charge < -0.3 is 5.32 Å². The van der Waals surface area contributed by atoms with Crippen LogP contribution in [0, 0.1) is 0 Å². The van der Waals surface area contributed by atoms with Crippen molar-refractivity contribution in [1.82, 2.24) is 9.78 Å². The minimum Gasteiger partial charge on any atom is -0.323 e. The van der Waals surface area contributed by atoms with Gasteiger partial charge in [0, 0.05) is 6.07 Å². The Kier molecular flexibility index (Phi) is 4.78. The van der Waals surface area contributed by atoms with E-state index in [1.165, 1.54) is 22.1 Å². The zero-order chi connectivity index (χ0) is 17.1. The van der Waals surface area contributed by atoms with E-state index in [0.29, 0.717) is 16.4 Å². The summed E-state index contributed by atoms with van der Waals surface area (Å²) in [6.07, 6.45) is 0. The number of nitrogens with one attached hydrogen (secondary N) is 1. The highest BCUT2D eigenvalue weighted by molar-refractivity contribution is 7.13. The van der Waals surface area contributed by atoms with Crippen LogP contribution in [0.3, 0.4) is 0 Å². The molecule has 0 saturated heterocycles. The van der Waals surface area contributed by atoms with E-state index in [9.17, 15) is 9.59 Å². The molecular weight excluding hydrogens is 346 g/mol. The molecule has 0 aliphatic carbocycles. The molecule has 122 valence electrons. The number of aromatic nitrogens is 2.